The van der Waals surface area contributed by atoms with Crippen molar-refractivity contribution in [3.8, 4) is 11.3 Å². The maximum Gasteiger partial charge on any atom is 0.309 e. The summed E-state index contributed by atoms with van der Waals surface area (Å²) in [6.07, 6.45) is 2.00. The van der Waals surface area contributed by atoms with E-state index in [2.05, 4.69) is 26.8 Å². The van der Waals surface area contributed by atoms with E-state index in [1.165, 1.54) is 0 Å². The first-order valence-corrected chi connectivity index (χ1v) is 12.6. The third-order valence-electron chi connectivity index (χ3n) is 6.44. The number of carbonyl (C=O) groups excluding carboxylic acids is 1. The van der Waals surface area contributed by atoms with Crippen molar-refractivity contribution in [2.24, 2.45) is 5.41 Å². The average molecular weight is 545 g/mol. The van der Waals surface area contributed by atoms with Crippen molar-refractivity contribution in [2.75, 3.05) is 6.61 Å². The Labute approximate surface area is 228 Å². The number of carbonyl (C=O) groups is 2. The van der Waals surface area contributed by atoms with Gasteiger partial charge in [0.1, 0.15) is 5.52 Å². The Morgan fingerprint density at radius 3 is 2.69 bits per heavy atom. The predicted octanol–water partition coefficient (Wildman–Crippen LogP) is 4.91. The number of carboxylic acids is 1. The minimum atomic E-state index is -0.962. The number of benzene rings is 2. The molecule has 5 aromatic rings. The molecule has 0 atom stereocenters. The zero-order chi connectivity index (χ0) is 27.6. The lowest BCUT2D eigenvalue weighted by Crippen LogP contribution is -2.29. The Kier molecular flexibility index (Phi) is 7.23. The second-order valence-electron chi connectivity index (χ2n) is 9.73. The summed E-state index contributed by atoms with van der Waals surface area (Å²) in [6.45, 7) is 3.71. The third-order valence-corrected chi connectivity index (χ3v) is 6.75. The highest BCUT2D eigenvalue weighted by atomic mass is 35.5. The monoisotopic (exact) mass is 544 g/mol. The summed E-state index contributed by atoms with van der Waals surface area (Å²) >= 11 is 6.43. The highest BCUT2D eigenvalue weighted by Crippen LogP contribution is 2.26. The van der Waals surface area contributed by atoms with Crippen molar-refractivity contribution in [3.63, 3.8) is 0 Å². The number of amides is 1. The van der Waals surface area contributed by atoms with Gasteiger partial charge >= 0.3 is 5.97 Å². The van der Waals surface area contributed by atoms with Crippen molar-refractivity contribution in [1.82, 2.24) is 30.4 Å². The van der Waals surface area contributed by atoms with Gasteiger partial charge in [-0.25, -0.2) is 15.1 Å². The molecule has 0 radical (unpaired) electrons. The van der Waals surface area contributed by atoms with E-state index in [0.717, 1.165) is 16.5 Å². The molecule has 0 spiro atoms. The summed E-state index contributed by atoms with van der Waals surface area (Å²) in [5.74, 6) is -1.47. The number of pyridine rings is 2. The van der Waals surface area contributed by atoms with E-state index < -0.39 is 17.3 Å². The van der Waals surface area contributed by atoms with Gasteiger partial charge in [0, 0.05) is 17.1 Å². The minimum absolute atomic E-state index is 0.0441. The number of rotatable bonds is 9. The number of aliphatic carboxylic acids is 1. The standard InChI is InChI=1S/C28H25ClN6O4/c1-28(2,27(37)38)11-13-39-33-26(36)20-7-6-19(15-21(20)29)23-9-10-24-25(31-23)35(34-32-24)16-17-5-8-22-18(14-17)4-3-12-30-22/h3-10,12,14-15H,11,13,16H2,1-2H3,(H,33,36)(H,37,38). The molecule has 39 heavy (non-hydrogen) atoms. The largest absolute Gasteiger partial charge is 0.481 e. The van der Waals surface area contributed by atoms with Gasteiger partial charge in [-0.1, -0.05) is 35.0 Å². The molecule has 2 N–H and O–H groups in total. The smallest absolute Gasteiger partial charge is 0.309 e. The molecule has 0 aliphatic rings. The molecule has 0 aliphatic carbocycles. The van der Waals surface area contributed by atoms with E-state index >= 15 is 0 Å². The molecule has 5 rings (SSSR count). The number of hydroxylamine groups is 1. The third kappa shape index (κ3) is 5.71. The number of carboxylic acid groups (broad SMARTS) is 1. The van der Waals surface area contributed by atoms with Crippen LogP contribution in [-0.4, -0.2) is 48.6 Å². The van der Waals surface area contributed by atoms with Crippen LogP contribution >= 0.6 is 11.6 Å². The molecule has 2 aromatic carbocycles. The lowest BCUT2D eigenvalue weighted by molar-refractivity contribution is -0.148. The molecule has 0 saturated carbocycles. The Bertz CT molecular complexity index is 1700. The lowest BCUT2D eigenvalue weighted by Gasteiger charge is -2.18. The molecule has 198 valence electrons. The summed E-state index contributed by atoms with van der Waals surface area (Å²) in [5.41, 5.74) is 6.18. The molecule has 3 heterocycles. The van der Waals surface area contributed by atoms with E-state index in [9.17, 15) is 14.7 Å². The van der Waals surface area contributed by atoms with Crippen LogP contribution in [0.15, 0.2) is 66.9 Å². The van der Waals surface area contributed by atoms with Gasteiger partial charge in [0.25, 0.3) is 5.91 Å². The second kappa shape index (κ2) is 10.8. The first-order valence-electron chi connectivity index (χ1n) is 12.2. The van der Waals surface area contributed by atoms with E-state index in [4.69, 9.17) is 21.4 Å². The lowest BCUT2D eigenvalue weighted by atomic mass is 9.90. The average Bonchev–Trinajstić information content (AvgIpc) is 3.32. The van der Waals surface area contributed by atoms with Gasteiger partial charge in [-0.05, 0) is 68.3 Å². The van der Waals surface area contributed by atoms with Crippen LogP contribution in [0.5, 0.6) is 0 Å². The number of nitrogens with one attached hydrogen (secondary N) is 1. The molecular formula is C28H25ClN6O4. The van der Waals surface area contributed by atoms with Crippen LogP contribution in [0.25, 0.3) is 33.3 Å². The quantitative estimate of drug-likeness (QED) is 0.198. The van der Waals surface area contributed by atoms with Crippen LogP contribution in [0.3, 0.4) is 0 Å². The fourth-order valence-corrected chi connectivity index (χ4v) is 4.23. The highest BCUT2D eigenvalue weighted by Gasteiger charge is 2.26. The summed E-state index contributed by atoms with van der Waals surface area (Å²) < 4.78 is 1.74. The highest BCUT2D eigenvalue weighted by molar-refractivity contribution is 6.34. The molecule has 0 bridgehead atoms. The van der Waals surface area contributed by atoms with Crippen molar-refractivity contribution < 1.29 is 19.5 Å². The molecule has 0 saturated heterocycles. The maximum atomic E-state index is 12.5. The van der Waals surface area contributed by atoms with Gasteiger partial charge < -0.3 is 5.11 Å². The zero-order valence-corrected chi connectivity index (χ0v) is 22.0. The van der Waals surface area contributed by atoms with E-state index in [-0.39, 0.29) is 23.6 Å². The molecule has 0 unspecified atom stereocenters. The number of hydrogen-bond donors (Lipinski definition) is 2. The van der Waals surface area contributed by atoms with Crippen LogP contribution in [0.2, 0.25) is 5.02 Å². The Balaban J connectivity index is 1.31. The van der Waals surface area contributed by atoms with Gasteiger partial charge in [0.15, 0.2) is 5.65 Å². The van der Waals surface area contributed by atoms with Crippen LogP contribution in [0, 0.1) is 5.41 Å². The SMILES string of the molecule is CC(C)(CCONC(=O)c1ccc(-c2ccc3nnn(Cc4ccc5ncccc5c4)c3n2)cc1Cl)C(=O)O. The van der Waals surface area contributed by atoms with Crippen molar-refractivity contribution >= 4 is 45.5 Å². The van der Waals surface area contributed by atoms with Crippen LogP contribution in [0.4, 0.5) is 0 Å². The second-order valence-corrected chi connectivity index (χ2v) is 10.1. The fraction of sp³-hybridized carbons (Fsp3) is 0.214. The molecule has 1 amide bonds. The Morgan fingerprint density at radius 2 is 1.90 bits per heavy atom. The van der Waals surface area contributed by atoms with Gasteiger partial charge in [-0.15, -0.1) is 5.10 Å². The molecule has 0 fully saturated rings. The number of nitrogens with zero attached hydrogens (tertiary/aromatic N) is 5. The molecular weight excluding hydrogens is 520 g/mol. The van der Waals surface area contributed by atoms with Crippen LogP contribution in [0.1, 0.15) is 36.2 Å². The summed E-state index contributed by atoms with van der Waals surface area (Å²) in [7, 11) is 0. The number of halogens is 1. The molecule has 10 nitrogen and oxygen atoms in total. The Hall–Kier alpha value is -4.41. The maximum absolute atomic E-state index is 12.5. The van der Waals surface area contributed by atoms with Crippen molar-refractivity contribution in [1.29, 1.82) is 0 Å². The number of aromatic nitrogens is 5. The first-order chi connectivity index (χ1) is 18.7. The van der Waals surface area contributed by atoms with Gasteiger partial charge in [0.05, 0.1) is 40.4 Å². The first kappa shape index (κ1) is 26.2. The van der Waals surface area contributed by atoms with Crippen molar-refractivity contribution in [3.05, 3.63) is 83.0 Å². The van der Waals surface area contributed by atoms with Gasteiger partial charge in [-0.2, -0.15) is 0 Å². The fourth-order valence-electron chi connectivity index (χ4n) is 3.96. The van der Waals surface area contributed by atoms with E-state index in [1.807, 2.05) is 36.4 Å². The number of hydrogen-bond acceptors (Lipinski definition) is 7. The molecule has 0 aliphatic heterocycles. The van der Waals surface area contributed by atoms with Gasteiger partial charge in [-0.3, -0.25) is 19.4 Å². The summed E-state index contributed by atoms with van der Waals surface area (Å²) in [6, 6.07) is 18.6. The number of fused-ring (bicyclic) bond motifs is 2. The summed E-state index contributed by atoms with van der Waals surface area (Å²) in [4.78, 5) is 38.0. The van der Waals surface area contributed by atoms with Crippen LogP contribution < -0.4 is 5.48 Å². The van der Waals surface area contributed by atoms with Gasteiger partial charge in [0.2, 0.25) is 0 Å². The normalized spacial score (nSPS) is 11.7. The predicted molar refractivity (Wildman–Crippen MR) is 146 cm³/mol. The van der Waals surface area contributed by atoms with E-state index in [1.54, 1.807) is 42.9 Å². The summed E-state index contributed by atoms with van der Waals surface area (Å²) in [5, 5.41) is 19.0. The van der Waals surface area contributed by atoms with Crippen molar-refractivity contribution in [2.45, 2.75) is 26.8 Å². The van der Waals surface area contributed by atoms with E-state index in [0.29, 0.717) is 29.0 Å². The zero-order valence-electron chi connectivity index (χ0n) is 21.3. The van der Waals surface area contributed by atoms with Crippen LogP contribution in [-0.2, 0) is 16.2 Å². The molecule has 11 heteroatoms. The Morgan fingerprint density at radius 1 is 1.08 bits per heavy atom. The minimum Gasteiger partial charge on any atom is -0.481 e. The topological polar surface area (TPSA) is 132 Å². The molecule has 3 aromatic heterocycles.